The SMILES string of the molecule is Cc1cc(Br)c2c(c1)CCCCN2CC(=O)Nc1ccccc1. The predicted octanol–water partition coefficient (Wildman–Crippen LogP) is 4.54. The summed E-state index contributed by atoms with van der Waals surface area (Å²) in [6.07, 6.45) is 3.35. The number of para-hydroxylation sites is 1. The van der Waals surface area contributed by atoms with Gasteiger partial charge in [0.15, 0.2) is 0 Å². The molecule has 0 spiro atoms. The Labute approximate surface area is 145 Å². The molecule has 0 bridgehead atoms. The van der Waals surface area contributed by atoms with Gasteiger partial charge in [0.05, 0.1) is 12.2 Å². The fourth-order valence-corrected chi connectivity index (χ4v) is 4.00. The van der Waals surface area contributed by atoms with Crippen LogP contribution in [0.2, 0.25) is 0 Å². The monoisotopic (exact) mass is 372 g/mol. The molecule has 0 fully saturated rings. The maximum Gasteiger partial charge on any atom is 0.243 e. The van der Waals surface area contributed by atoms with Gasteiger partial charge >= 0.3 is 0 Å². The molecule has 0 unspecified atom stereocenters. The third kappa shape index (κ3) is 3.94. The lowest BCUT2D eigenvalue weighted by atomic mass is 10.0. The number of fused-ring (bicyclic) bond motifs is 1. The average molecular weight is 373 g/mol. The van der Waals surface area contributed by atoms with Crippen molar-refractivity contribution < 1.29 is 4.79 Å². The minimum absolute atomic E-state index is 0.0246. The third-order valence-electron chi connectivity index (χ3n) is 4.12. The average Bonchev–Trinajstić information content (AvgIpc) is 2.70. The Morgan fingerprint density at radius 2 is 2.00 bits per heavy atom. The van der Waals surface area contributed by atoms with E-state index in [0.29, 0.717) is 6.54 Å². The molecule has 1 aliphatic rings. The van der Waals surface area contributed by atoms with Crippen LogP contribution in [0.15, 0.2) is 46.9 Å². The zero-order chi connectivity index (χ0) is 16.2. The van der Waals surface area contributed by atoms with E-state index in [4.69, 9.17) is 0 Å². The lowest BCUT2D eigenvalue weighted by Crippen LogP contribution is -2.34. The van der Waals surface area contributed by atoms with Crippen LogP contribution in [-0.2, 0) is 11.2 Å². The van der Waals surface area contributed by atoms with Gasteiger partial charge in [0.1, 0.15) is 0 Å². The number of benzene rings is 2. The number of rotatable bonds is 3. The van der Waals surface area contributed by atoms with E-state index < -0.39 is 0 Å². The quantitative estimate of drug-likeness (QED) is 0.857. The minimum atomic E-state index is 0.0246. The second-order valence-corrected chi connectivity index (χ2v) is 6.90. The molecule has 0 saturated carbocycles. The number of hydrogen-bond donors (Lipinski definition) is 1. The molecule has 120 valence electrons. The van der Waals surface area contributed by atoms with E-state index >= 15 is 0 Å². The Bertz CT molecular complexity index is 700. The van der Waals surface area contributed by atoms with Gasteiger partial charge in [-0.05, 0) is 71.4 Å². The van der Waals surface area contributed by atoms with Crippen molar-refractivity contribution in [2.45, 2.75) is 26.2 Å². The zero-order valence-electron chi connectivity index (χ0n) is 13.3. The van der Waals surface area contributed by atoms with Crippen LogP contribution in [0, 0.1) is 6.92 Å². The standard InChI is InChI=1S/C19H21BrN2O/c1-14-11-15-7-5-6-10-22(19(15)17(20)12-14)13-18(23)21-16-8-3-2-4-9-16/h2-4,8-9,11-12H,5-7,10,13H2,1H3,(H,21,23). The molecule has 0 atom stereocenters. The van der Waals surface area contributed by atoms with Crippen LogP contribution in [0.25, 0.3) is 0 Å². The number of aryl methyl sites for hydroxylation is 2. The topological polar surface area (TPSA) is 32.3 Å². The summed E-state index contributed by atoms with van der Waals surface area (Å²) >= 11 is 3.69. The molecule has 0 aromatic heterocycles. The zero-order valence-corrected chi connectivity index (χ0v) is 14.9. The summed E-state index contributed by atoms with van der Waals surface area (Å²) in [4.78, 5) is 14.6. The van der Waals surface area contributed by atoms with E-state index in [2.05, 4.69) is 45.2 Å². The summed E-state index contributed by atoms with van der Waals surface area (Å²) in [5.74, 6) is 0.0246. The van der Waals surface area contributed by atoms with Crippen molar-refractivity contribution in [1.82, 2.24) is 0 Å². The summed E-state index contributed by atoms with van der Waals surface area (Å²) in [6, 6.07) is 14.0. The van der Waals surface area contributed by atoms with E-state index in [1.807, 2.05) is 30.3 Å². The molecule has 4 heteroatoms. The summed E-state index contributed by atoms with van der Waals surface area (Å²) in [7, 11) is 0. The molecule has 3 rings (SSSR count). The van der Waals surface area contributed by atoms with Gasteiger partial charge in [0.2, 0.25) is 5.91 Å². The fraction of sp³-hybridized carbons (Fsp3) is 0.316. The lowest BCUT2D eigenvalue weighted by molar-refractivity contribution is -0.115. The number of nitrogens with one attached hydrogen (secondary N) is 1. The Hall–Kier alpha value is -1.81. The van der Waals surface area contributed by atoms with Gasteiger partial charge in [-0.1, -0.05) is 24.3 Å². The second kappa shape index (κ2) is 7.18. The second-order valence-electron chi connectivity index (χ2n) is 6.05. The van der Waals surface area contributed by atoms with Crippen molar-refractivity contribution in [1.29, 1.82) is 0 Å². The summed E-state index contributed by atoms with van der Waals surface area (Å²) in [6.45, 7) is 3.41. The first-order valence-electron chi connectivity index (χ1n) is 8.02. The van der Waals surface area contributed by atoms with Crippen LogP contribution >= 0.6 is 15.9 Å². The van der Waals surface area contributed by atoms with Crippen molar-refractivity contribution in [2.24, 2.45) is 0 Å². The van der Waals surface area contributed by atoms with E-state index in [-0.39, 0.29) is 5.91 Å². The normalized spacial score (nSPS) is 14.1. The molecule has 1 aliphatic heterocycles. The van der Waals surface area contributed by atoms with Crippen molar-refractivity contribution >= 4 is 33.2 Å². The summed E-state index contributed by atoms with van der Waals surface area (Å²) in [5, 5.41) is 2.98. The van der Waals surface area contributed by atoms with Gasteiger partial charge in [-0.3, -0.25) is 4.79 Å². The number of amides is 1. The van der Waals surface area contributed by atoms with Gasteiger partial charge in [-0.25, -0.2) is 0 Å². The van der Waals surface area contributed by atoms with Crippen LogP contribution in [0.1, 0.15) is 24.0 Å². The van der Waals surface area contributed by atoms with Crippen LogP contribution < -0.4 is 10.2 Å². The highest BCUT2D eigenvalue weighted by atomic mass is 79.9. The van der Waals surface area contributed by atoms with Crippen molar-refractivity contribution in [3.8, 4) is 0 Å². The molecule has 0 aliphatic carbocycles. The number of nitrogens with zero attached hydrogens (tertiary/aromatic N) is 1. The molecule has 1 heterocycles. The van der Waals surface area contributed by atoms with E-state index in [0.717, 1.165) is 29.5 Å². The van der Waals surface area contributed by atoms with Gasteiger partial charge in [-0.15, -0.1) is 0 Å². The highest BCUT2D eigenvalue weighted by Crippen LogP contribution is 2.35. The predicted molar refractivity (Wildman–Crippen MR) is 99.1 cm³/mol. The Morgan fingerprint density at radius 3 is 2.78 bits per heavy atom. The number of carbonyl (C=O) groups is 1. The van der Waals surface area contributed by atoms with Crippen molar-refractivity contribution in [2.75, 3.05) is 23.3 Å². The maximum atomic E-state index is 12.4. The molecular formula is C19H21BrN2O. The Balaban J connectivity index is 1.79. The van der Waals surface area contributed by atoms with Crippen LogP contribution in [-0.4, -0.2) is 19.0 Å². The molecule has 2 aromatic rings. The van der Waals surface area contributed by atoms with E-state index in [1.54, 1.807) is 0 Å². The number of halogens is 1. The van der Waals surface area contributed by atoms with Gasteiger partial charge < -0.3 is 10.2 Å². The van der Waals surface area contributed by atoms with Crippen molar-refractivity contribution in [3.05, 3.63) is 58.1 Å². The minimum Gasteiger partial charge on any atom is -0.361 e. The van der Waals surface area contributed by atoms with Crippen LogP contribution in [0.5, 0.6) is 0 Å². The first-order chi connectivity index (χ1) is 11.1. The molecule has 1 N–H and O–H groups in total. The molecule has 3 nitrogen and oxygen atoms in total. The largest absolute Gasteiger partial charge is 0.361 e. The highest BCUT2D eigenvalue weighted by molar-refractivity contribution is 9.10. The summed E-state index contributed by atoms with van der Waals surface area (Å²) in [5.41, 5.74) is 4.61. The smallest absolute Gasteiger partial charge is 0.243 e. The third-order valence-corrected chi connectivity index (χ3v) is 4.72. The Morgan fingerprint density at radius 1 is 1.22 bits per heavy atom. The van der Waals surface area contributed by atoms with Gasteiger partial charge in [-0.2, -0.15) is 0 Å². The maximum absolute atomic E-state index is 12.4. The Kier molecular flexibility index (Phi) is 5.01. The lowest BCUT2D eigenvalue weighted by Gasteiger charge is -2.26. The molecule has 0 radical (unpaired) electrons. The van der Waals surface area contributed by atoms with Crippen LogP contribution in [0.4, 0.5) is 11.4 Å². The number of hydrogen-bond acceptors (Lipinski definition) is 2. The van der Waals surface area contributed by atoms with E-state index in [9.17, 15) is 4.79 Å². The van der Waals surface area contributed by atoms with Gasteiger partial charge in [0.25, 0.3) is 0 Å². The number of anilines is 2. The molecular weight excluding hydrogens is 352 g/mol. The van der Waals surface area contributed by atoms with Crippen LogP contribution in [0.3, 0.4) is 0 Å². The van der Waals surface area contributed by atoms with Gasteiger partial charge in [0, 0.05) is 16.7 Å². The van der Waals surface area contributed by atoms with Crippen molar-refractivity contribution in [3.63, 3.8) is 0 Å². The molecule has 1 amide bonds. The van der Waals surface area contributed by atoms with E-state index in [1.165, 1.54) is 23.2 Å². The molecule has 23 heavy (non-hydrogen) atoms. The summed E-state index contributed by atoms with van der Waals surface area (Å²) < 4.78 is 1.09. The molecule has 0 saturated heterocycles. The first-order valence-corrected chi connectivity index (χ1v) is 8.81. The molecule has 2 aromatic carbocycles. The first kappa shape index (κ1) is 16.1. The fourth-order valence-electron chi connectivity index (χ4n) is 3.13. The number of carbonyl (C=O) groups excluding carboxylic acids is 1. The highest BCUT2D eigenvalue weighted by Gasteiger charge is 2.20.